The fourth-order valence-electron chi connectivity index (χ4n) is 2.59. The topological polar surface area (TPSA) is 84.9 Å². The van der Waals surface area contributed by atoms with Crippen molar-refractivity contribution in [3.8, 4) is 0 Å². The van der Waals surface area contributed by atoms with Gasteiger partial charge in [-0.15, -0.1) is 0 Å². The van der Waals surface area contributed by atoms with E-state index in [1.54, 1.807) is 0 Å². The van der Waals surface area contributed by atoms with E-state index >= 15 is 0 Å². The maximum atomic E-state index is 11.7. The van der Waals surface area contributed by atoms with E-state index in [2.05, 4.69) is 5.32 Å². The Kier molecular flexibility index (Phi) is 6.87. The third kappa shape index (κ3) is 6.28. The first-order valence-corrected chi connectivity index (χ1v) is 7.93. The highest BCUT2D eigenvalue weighted by atomic mass is 16.5. The molecule has 0 aliphatic carbocycles. The van der Waals surface area contributed by atoms with E-state index in [9.17, 15) is 14.7 Å². The minimum Gasteiger partial charge on any atom is -0.480 e. The van der Waals surface area contributed by atoms with Crippen LogP contribution < -0.4 is 5.32 Å². The van der Waals surface area contributed by atoms with Crippen molar-refractivity contribution in [1.29, 1.82) is 0 Å². The number of rotatable bonds is 8. The van der Waals surface area contributed by atoms with Crippen molar-refractivity contribution in [2.24, 2.45) is 5.92 Å². The Morgan fingerprint density at radius 2 is 2.13 bits per heavy atom. The van der Waals surface area contributed by atoms with Crippen LogP contribution in [0.2, 0.25) is 0 Å². The average Bonchev–Trinajstić information content (AvgIpc) is 3.06. The zero-order valence-corrected chi connectivity index (χ0v) is 13.1. The summed E-state index contributed by atoms with van der Waals surface area (Å²) < 4.78 is 10.3. The molecule has 1 aromatic rings. The average molecular weight is 321 g/mol. The number of benzene rings is 1. The third-order valence-electron chi connectivity index (χ3n) is 3.93. The molecular formula is C17H23NO5. The Labute approximate surface area is 135 Å². The van der Waals surface area contributed by atoms with Crippen LogP contribution in [0.3, 0.4) is 0 Å². The van der Waals surface area contributed by atoms with E-state index in [0.29, 0.717) is 12.3 Å². The van der Waals surface area contributed by atoms with Crippen molar-refractivity contribution in [1.82, 2.24) is 5.32 Å². The second kappa shape index (κ2) is 9.15. The molecule has 0 aromatic heterocycles. The van der Waals surface area contributed by atoms with Crippen molar-refractivity contribution in [3.05, 3.63) is 35.9 Å². The monoisotopic (exact) mass is 321 g/mol. The molecule has 1 amide bonds. The number of carboxylic acid groups (broad SMARTS) is 1. The fraction of sp³-hybridized carbons (Fsp3) is 0.529. The van der Waals surface area contributed by atoms with Crippen LogP contribution >= 0.6 is 0 Å². The first-order valence-electron chi connectivity index (χ1n) is 7.93. The Balaban J connectivity index is 1.69. The molecule has 2 unspecified atom stereocenters. The quantitative estimate of drug-likeness (QED) is 0.768. The summed E-state index contributed by atoms with van der Waals surface area (Å²) in [6, 6.07) is 8.34. The number of amides is 1. The van der Waals surface area contributed by atoms with Gasteiger partial charge < -0.3 is 19.9 Å². The van der Waals surface area contributed by atoms with Crippen molar-refractivity contribution in [2.45, 2.75) is 38.3 Å². The minimum absolute atomic E-state index is 0.123. The number of carboxylic acids is 1. The fourth-order valence-corrected chi connectivity index (χ4v) is 2.59. The first-order chi connectivity index (χ1) is 11.1. The molecular weight excluding hydrogens is 298 g/mol. The predicted molar refractivity (Wildman–Crippen MR) is 84.0 cm³/mol. The van der Waals surface area contributed by atoms with Crippen molar-refractivity contribution in [3.63, 3.8) is 0 Å². The van der Waals surface area contributed by atoms with E-state index in [-0.39, 0.29) is 6.61 Å². The molecule has 0 radical (unpaired) electrons. The molecule has 1 saturated heterocycles. The van der Waals surface area contributed by atoms with Gasteiger partial charge in [-0.2, -0.15) is 0 Å². The lowest BCUT2D eigenvalue weighted by atomic mass is 9.99. The summed E-state index contributed by atoms with van der Waals surface area (Å²) in [6.45, 7) is 1.67. The van der Waals surface area contributed by atoms with Crippen molar-refractivity contribution in [2.75, 3.05) is 13.2 Å². The molecule has 1 aliphatic heterocycles. The van der Waals surface area contributed by atoms with Gasteiger partial charge in [0.1, 0.15) is 12.6 Å². The standard InChI is InChI=1S/C17H23NO5/c19-16(20)15(8-4-7-14-9-10-22-11-14)18-17(21)23-12-13-5-2-1-3-6-13/h1-3,5-6,14-15H,4,7-12H2,(H,18,21)(H,19,20). The van der Waals surface area contributed by atoms with Crippen molar-refractivity contribution < 1.29 is 24.2 Å². The molecule has 126 valence electrons. The van der Waals surface area contributed by atoms with Crippen LogP contribution in [0.15, 0.2) is 30.3 Å². The summed E-state index contributed by atoms with van der Waals surface area (Å²) in [5.41, 5.74) is 0.857. The lowest BCUT2D eigenvalue weighted by molar-refractivity contribution is -0.139. The number of alkyl carbamates (subject to hydrolysis) is 1. The number of aliphatic carboxylic acids is 1. The van der Waals surface area contributed by atoms with Crippen LogP contribution in [-0.4, -0.2) is 36.4 Å². The number of nitrogens with one attached hydrogen (secondary N) is 1. The minimum atomic E-state index is -1.04. The Morgan fingerprint density at radius 1 is 1.35 bits per heavy atom. The molecule has 6 heteroatoms. The van der Waals surface area contributed by atoms with Gasteiger partial charge in [0.05, 0.1) is 0 Å². The molecule has 1 fully saturated rings. The summed E-state index contributed by atoms with van der Waals surface area (Å²) in [5, 5.41) is 11.6. The Morgan fingerprint density at radius 3 is 2.78 bits per heavy atom. The zero-order valence-electron chi connectivity index (χ0n) is 13.1. The molecule has 1 heterocycles. The number of hydrogen-bond donors (Lipinski definition) is 2. The lowest BCUT2D eigenvalue weighted by Crippen LogP contribution is -2.41. The molecule has 1 aliphatic rings. The van der Waals surface area contributed by atoms with Crippen LogP contribution in [0.25, 0.3) is 0 Å². The second-order valence-corrected chi connectivity index (χ2v) is 5.76. The lowest BCUT2D eigenvalue weighted by Gasteiger charge is -2.15. The van der Waals surface area contributed by atoms with Gasteiger partial charge in [-0.25, -0.2) is 9.59 Å². The van der Waals surface area contributed by atoms with Gasteiger partial charge in [-0.05, 0) is 30.7 Å². The van der Waals surface area contributed by atoms with Gasteiger partial charge in [-0.1, -0.05) is 36.8 Å². The van der Waals surface area contributed by atoms with Gasteiger partial charge in [0, 0.05) is 13.2 Å². The molecule has 6 nitrogen and oxygen atoms in total. The summed E-state index contributed by atoms with van der Waals surface area (Å²) in [4.78, 5) is 23.0. The summed E-state index contributed by atoms with van der Waals surface area (Å²) >= 11 is 0. The number of ether oxygens (including phenoxy) is 2. The maximum Gasteiger partial charge on any atom is 0.408 e. The largest absolute Gasteiger partial charge is 0.480 e. The predicted octanol–water partition coefficient (Wildman–Crippen LogP) is 2.57. The van der Waals surface area contributed by atoms with Gasteiger partial charge in [0.15, 0.2) is 0 Å². The smallest absolute Gasteiger partial charge is 0.408 e. The Hall–Kier alpha value is -2.08. The van der Waals surface area contributed by atoms with E-state index in [0.717, 1.165) is 38.0 Å². The molecule has 0 bridgehead atoms. The SMILES string of the molecule is O=C(NC(CCCC1CCOC1)C(=O)O)OCc1ccccc1. The van der Waals surface area contributed by atoms with Crippen LogP contribution in [0.1, 0.15) is 31.2 Å². The molecule has 2 rings (SSSR count). The number of carbonyl (C=O) groups excluding carboxylic acids is 1. The molecule has 0 spiro atoms. The summed E-state index contributed by atoms with van der Waals surface area (Å²) in [5.74, 6) is -0.529. The van der Waals surface area contributed by atoms with E-state index in [1.807, 2.05) is 30.3 Å². The number of carbonyl (C=O) groups is 2. The molecule has 2 N–H and O–H groups in total. The zero-order chi connectivity index (χ0) is 16.5. The second-order valence-electron chi connectivity index (χ2n) is 5.76. The van der Waals surface area contributed by atoms with Crippen molar-refractivity contribution >= 4 is 12.1 Å². The molecule has 23 heavy (non-hydrogen) atoms. The van der Waals surface area contributed by atoms with Gasteiger partial charge in [0.25, 0.3) is 0 Å². The van der Waals surface area contributed by atoms with Crippen LogP contribution in [0, 0.1) is 5.92 Å². The highest BCUT2D eigenvalue weighted by Crippen LogP contribution is 2.19. The molecule has 2 atom stereocenters. The first kappa shape index (κ1) is 17.3. The van der Waals surface area contributed by atoms with Gasteiger partial charge in [-0.3, -0.25) is 0 Å². The van der Waals surface area contributed by atoms with E-state index in [1.165, 1.54) is 0 Å². The normalized spacial score (nSPS) is 18.3. The summed E-state index contributed by atoms with van der Waals surface area (Å²) in [7, 11) is 0. The Bertz CT molecular complexity index is 499. The number of hydrogen-bond acceptors (Lipinski definition) is 4. The van der Waals surface area contributed by atoms with E-state index < -0.39 is 18.1 Å². The molecule has 0 saturated carbocycles. The van der Waals surface area contributed by atoms with Gasteiger partial charge in [0.2, 0.25) is 0 Å². The highest BCUT2D eigenvalue weighted by Gasteiger charge is 2.22. The van der Waals surface area contributed by atoms with Crippen LogP contribution in [-0.2, 0) is 20.9 Å². The van der Waals surface area contributed by atoms with E-state index in [4.69, 9.17) is 9.47 Å². The maximum absolute atomic E-state index is 11.7. The highest BCUT2D eigenvalue weighted by molar-refractivity contribution is 5.79. The van der Waals surface area contributed by atoms with Gasteiger partial charge >= 0.3 is 12.1 Å². The summed E-state index contributed by atoms with van der Waals surface area (Å²) in [6.07, 6.45) is 2.39. The van der Waals surface area contributed by atoms with Crippen LogP contribution in [0.5, 0.6) is 0 Å². The third-order valence-corrected chi connectivity index (χ3v) is 3.93. The van der Waals surface area contributed by atoms with Crippen LogP contribution in [0.4, 0.5) is 4.79 Å². The molecule has 1 aromatic carbocycles.